The summed E-state index contributed by atoms with van der Waals surface area (Å²) in [4.78, 5) is 2.34. The van der Waals surface area contributed by atoms with E-state index in [4.69, 9.17) is 0 Å². The SMILES string of the molecule is O=S(=O)(NC1CCN2CCCCC12)c1ccc(Br)c(F)c1. The first-order chi connectivity index (χ1) is 9.97. The molecule has 0 radical (unpaired) electrons. The zero-order valence-electron chi connectivity index (χ0n) is 11.6. The zero-order chi connectivity index (χ0) is 15.0. The van der Waals surface area contributed by atoms with E-state index in [1.54, 1.807) is 0 Å². The van der Waals surface area contributed by atoms with Gasteiger partial charge in [0.2, 0.25) is 10.0 Å². The van der Waals surface area contributed by atoms with Gasteiger partial charge >= 0.3 is 0 Å². The minimum absolute atomic E-state index is 0.0162. The second-order valence-electron chi connectivity index (χ2n) is 5.69. The summed E-state index contributed by atoms with van der Waals surface area (Å²) in [6.45, 7) is 1.99. The molecule has 2 atom stereocenters. The number of nitrogens with one attached hydrogen (secondary N) is 1. The molecule has 2 aliphatic heterocycles. The molecule has 21 heavy (non-hydrogen) atoms. The predicted octanol–water partition coefficient (Wildman–Crippen LogP) is 2.49. The van der Waals surface area contributed by atoms with E-state index in [1.165, 1.54) is 18.6 Å². The largest absolute Gasteiger partial charge is 0.299 e. The van der Waals surface area contributed by atoms with Crippen molar-refractivity contribution in [2.45, 2.75) is 42.7 Å². The lowest BCUT2D eigenvalue weighted by atomic mass is 10.00. The molecule has 0 spiro atoms. The van der Waals surface area contributed by atoms with Crippen LogP contribution in [0, 0.1) is 5.82 Å². The summed E-state index contributed by atoms with van der Waals surface area (Å²) < 4.78 is 41.4. The number of benzene rings is 1. The van der Waals surface area contributed by atoms with Crippen LogP contribution in [0.2, 0.25) is 0 Å². The summed E-state index contributed by atoms with van der Waals surface area (Å²) in [5.41, 5.74) is 0. The number of nitrogens with zero attached hydrogens (tertiary/aromatic N) is 1. The van der Waals surface area contributed by atoms with E-state index in [1.807, 2.05) is 0 Å². The Bertz CT molecular complexity index is 638. The molecule has 2 saturated heterocycles. The maximum atomic E-state index is 13.5. The molecular weight excluding hydrogens is 359 g/mol. The Morgan fingerprint density at radius 2 is 2.05 bits per heavy atom. The maximum Gasteiger partial charge on any atom is 0.240 e. The molecule has 0 saturated carbocycles. The van der Waals surface area contributed by atoms with Gasteiger partial charge in [-0.05, 0) is 59.9 Å². The highest BCUT2D eigenvalue weighted by molar-refractivity contribution is 9.10. The molecule has 1 N–H and O–H groups in total. The molecule has 4 nitrogen and oxygen atoms in total. The summed E-state index contributed by atoms with van der Waals surface area (Å²) in [6, 6.07) is 4.12. The third-order valence-corrected chi connectivity index (χ3v) is 6.49. The van der Waals surface area contributed by atoms with Crippen LogP contribution < -0.4 is 4.72 Å². The van der Waals surface area contributed by atoms with Gasteiger partial charge in [-0.3, -0.25) is 4.90 Å². The van der Waals surface area contributed by atoms with Crippen LogP contribution in [-0.2, 0) is 10.0 Å². The summed E-state index contributed by atoms with van der Waals surface area (Å²) >= 11 is 3.03. The van der Waals surface area contributed by atoms with Crippen molar-refractivity contribution in [3.05, 3.63) is 28.5 Å². The Kier molecular flexibility index (Phi) is 4.36. The van der Waals surface area contributed by atoms with E-state index in [0.29, 0.717) is 0 Å². The molecule has 2 unspecified atom stereocenters. The Labute approximate surface area is 132 Å². The highest BCUT2D eigenvalue weighted by atomic mass is 79.9. The molecule has 116 valence electrons. The average molecular weight is 377 g/mol. The van der Waals surface area contributed by atoms with E-state index in [2.05, 4.69) is 25.6 Å². The van der Waals surface area contributed by atoms with Crippen LogP contribution in [0.3, 0.4) is 0 Å². The monoisotopic (exact) mass is 376 g/mol. The molecule has 7 heteroatoms. The van der Waals surface area contributed by atoms with Gasteiger partial charge in [0.1, 0.15) is 5.82 Å². The van der Waals surface area contributed by atoms with Gasteiger partial charge in [-0.15, -0.1) is 0 Å². The van der Waals surface area contributed by atoms with Crippen molar-refractivity contribution in [3.8, 4) is 0 Å². The normalized spacial score (nSPS) is 26.8. The lowest BCUT2D eigenvalue weighted by Crippen LogP contribution is -2.46. The lowest BCUT2D eigenvalue weighted by Gasteiger charge is -2.32. The van der Waals surface area contributed by atoms with Crippen LogP contribution in [-0.4, -0.2) is 38.5 Å². The minimum Gasteiger partial charge on any atom is -0.299 e. The maximum absolute atomic E-state index is 13.5. The van der Waals surface area contributed by atoms with Crippen molar-refractivity contribution in [1.29, 1.82) is 0 Å². The fourth-order valence-corrected chi connectivity index (χ4v) is 4.86. The third kappa shape index (κ3) is 3.16. The van der Waals surface area contributed by atoms with Gasteiger partial charge in [-0.25, -0.2) is 17.5 Å². The second-order valence-corrected chi connectivity index (χ2v) is 8.26. The van der Waals surface area contributed by atoms with Gasteiger partial charge in [-0.2, -0.15) is 0 Å². The fourth-order valence-electron chi connectivity index (χ4n) is 3.30. The summed E-state index contributed by atoms with van der Waals surface area (Å²) in [5.74, 6) is -0.566. The van der Waals surface area contributed by atoms with Gasteiger partial charge in [0.25, 0.3) is 0 Å². The predicted molar refractivity (Wildman–Crippen MR) is 82.0 cm³/mol. The van der Waals surface area contributed by atoms with Crippen molar-refractivity contribution in [3.63, 3.8) is 0 Å². The van der Waals surface area contributed by atoms with Crippen molar-refractivity contribution < 1.29 is 12.8 Å². The smallest absolute Gasteiger partial charge is 0.240 e. The number of fused-ring (bicyclic) bond motifs is 1. The highest BCUT2D eigenvalue weighted by Crippen LogP contribution is 2.28. The zero-order valence-corrected chi connectivity index (χ0v) is 14.0. The number of hydrogen-bond donors (Lipinski definition) is 1. The van der Waals surface area contributed by atoms with Crippen LogP contribution in [0.5, 0.6) is 0 Å². The number of sulfonamides is 1. The Balaban J connectivity index is 1.78. The summed E-state index contributed by atoms with van der Waals surface area (Å²) in [7, 11) is -3.67. The first-order valence-electron chi connectivity index (χ1n) is 7.19. The number of hydrogen-bond acceptors (Lipinski definition) is 3. The molecule has 2 fully saturated rings. The summed E-state index contributed by atoms with van der Waals surface area (Å²) in [6.07, 6.45) is 4.19. The number of halogens is 2. The van der Waals surface area contributed by atoms with Gasteiger partial charge in [-0.1, -0.05) is 6.42 Å². The number of piperidine rings is 1. The van der Waals surface area contributed by atoms with Crippen molar-refractivity contribution in [2.24, 2.45) is 0 Å². The van der Waals surface area contributed by atoms with Crippen LogP contribution >= 0.6 is 15.9 Å². The molecule has 0 aliphatic carbocycles. The molecular formula is C14H18BrFN2O2S. The standard InChI is InChI=1S/C14H18BrFN2O2S/c15-11-5-4-10(9-12(11)16)21(19,20)17-13-6-8-18-7-2-1-3-14(13)18/h4-5,9,13-14,17H,1-3,6-8H2. The quantitative estimate of drug-likeness (QED) is 0.881. The second kappa shape index (κ2) is 5.95. The topological polar surface area (TPSA) is 49.4 Å². The molecule has 2 heterocycles. The number of rotatable bonds is 3. The van der Waals surface area contributed by atoms with E-state index >= 15 is 0 Å². The van der Waals surface area contributed by atoms with Crippen molar-refractivity contribution in [2.75, 3.05) is 13.1 Å². The Morgan fingerprint density at radius 3 is 2.81 bits per heavy atom. The van der Waals surface area contributed by atoms with Gasteiger partial charge < -0.3 is 0 Å². The van der Waals surface area contributed by atoms with Crippen LogP contribution in [0.15, 0.2) is 27.6 Å². The lowest BCUT2D eigenvalue weighted by molar-refractivity contribution is 0.186. The van der Waals surface area contributed by atoms with Crippen LogP contribution in [0.4, 0.5) is 4.39 Å². The van der Waals surface area contributed by atoms with Crippen molar-refractivity contribution >= 4 is 26.0 Å². The summed E-state index contributed by atoms with van der Waals surface area (Å²) in [5, 5.41) is 0. The van der Waals surface area contributed by atoms with E-state index < -0.39 is 15.8 Å². The van der Waals surface area contributed by atoms with Crippen molar-refractivity contribution in [1.82, 2.24) is 9.62 Å². The van der Waals surface area contributed by atoms with E-state index in [9.17, 15) is 12.8 Å². The van der Waals surface area contributed by atoms with E-state index in [0.717, 1.165) is 38.4 Å². The van der Waals surface area contributed by atoms with Gasteiger partial charge in [0.05, 0.1) is 9.37 Å². The van der Waals surface area contributed by atoms with Crippen LogP contribution in [0.1, 0.15) is 25.7 Å². The van der Waals surface area contributed by atoms with Gasteiger partial charge in [0, 0.05) is 18.6 Å². The highest BCUT2D eigenvalue weighted by Gasteiger charge is 2.37. The molecule has 0 bridgehead atoms. The average Bonchev–Trinajstić information content (AvgIpc) is 2.85. The first-order valence-corrected chi connectivity index (χ1v) is 9.46. The Morgan fingerprint density at radius 1 is 1.24 bits per heavy atom. The van der Waals surface area contributed by atoms with E-state index in [-0.39, 0.29) is 21.5 Å². The first kappa shape index (κ1) is 15.4. The molecule has 1 aromatic rings. The molecule has 1 aromatic carbocycles. The minimum atomic E-state index is -3.67. The third-order valence-electron chi connectivity index (χ3n) is 4.36. The van der Waals surface area contributed by atoms with Gasteiger partial charge in [0.15, 0.2) is 0 Å². The molecule has 0 aromatic heterocycles. The molecule has 2 aliphatic rings. The molecule has 0 amide bonds. The molecule has 3 rings (SSSR count). The van der Waals surface area contributed by atoms with Crippen LogP contribution in [0.25, 0.3) is 0 Å². The Hall–Kier alpha value is -0.500. The fraction of sp³-hybridized carbons (Fsp3) is 0.571.